The van der Waals surface area contributed by atoms with Crippen LogP contribution in [0.3, 0.4) is 0 Å². The molecule has 0 aromatic carbocycles. The highest BCUT2D eigenvalue weighted by atomic mass is 16.4. The third kappa shape index (κ3) is 20.9. The summed E-state index contributed by atoms with van der Waals surface area (Å²) < 4.78 is 0. The molecule has 0 aliphatic heterocycles. The molecule has 18 heteroatoms. The molecule has 0 aromatic heterocycles. The van der Waals surface area contributed by atoms with Crippen molar-refractivity contribution in [3.63, 3.8) is 0 Å². The van der Waals surface area contributed by atoms with E-state index in [4.69, 9.17) is 5.11 Å². The fraction of sp³-hybridized carbons (Fsp3) is 0.690. The number of carbonyl (C=O) groups is 9. The molecule has 0 heterocycles. The van der Waals surface area contributed by atoms with E-state index >= 15 is 0 Å². The summed E-state index contributed by atoms with van der Waals surface area (Å²) in [4.78, 5) is 105. The first-order valence-corrected chi connectivity index (χ1v) is 15.3. The molecule has 47 heavy (non-hydrogen) atoms. The predicted molar refractivity (Wildman–Crippen MR) is 165 cm³/mol. The van der Waals surface area contributed by atoms with Crippen molar-refractivity contribution >= 4 is 53.2 Å². The average molecular weight is 673 g/mol. The van der Waals surface area contributed by atoms with Crippen LogP contribution in [0.2, 0.25) is 0 Å². The van der Waals surface area contributed by atoms with Crippen molar-refractivity contribution < 1.29 is 58.5 Å². The molecule has 0 saturated carbocycles. The van der Waals surface area contributed by atoms with Gasteiger partial charge in [-0.1, -0.05) is 0 Å². The minimum absolute atomic E-state index is 0.0580. The Kier molecular flexibility index (Phi) is 21.4. The van der Waals surface area contributed by atoms with Crippen molar-refractivity contribution in [1.29, 1.82) is 0 Å². The van der Waals surface area contributed by atoms with E-state index in [0.29, 0.717) is 25.8 Å². The molecule has 0 aromatic rings. The quantitative estimate of drug-likeness (QED) is 0.0469. The van der Waals surface area contributed by atoms with Gasteiger partial charge in [-0.3, -0.25) is 28.8 Å². The Balaban J connectivity index is 4.45. The first-order chi connectivity index (χ1) is 22.1. The molecular formula is C29H48N6O12. The number of nitrogens with one attached hydrogen (secondary N) is 6. The fourth-order valence-corrected chi connectivity index (χ4v) is 4.28. The number of likely N-dealkylation sites (N-methyl/N-ethyl adjacent to an activating group) is 1. The van der Waals surface area contributed by atoms with E-state index in [-0.39, 0.29) is 50.0 Å². The molecule has 5 amide bonds. The third-order valence-corrected chi connectivity index (χ3v) is 6.91. The summed E-state index contributed by atoms with van der Waals surface area (Å²) in [7, 11) is 1.72. The van der Waals surface area contributed by atoms with Crippen LogP contribution in [-0.2, 0) is 43.2 Å². The number of unbranched alkanes of at least 4 members (excludes halogenated alkanes) is 1. The van der Waals surface area contributed by atoms with E-state index in [9.17, 15) is 53.4 Å². The molecule has 0 unspecified atom stereocenters. The van der Waals surface area contributed by atoms with Crippen molar-refractivity contribution in [2.45, 2.75) is 109 Å². The molecule has 0 radical (unpaired) electrons. The molecule has 0 aliphatic rings. The van der Waals surface area contributed by atoms with Crippen molar-refractivity contribution in [2.75, 3.05) is 20.1 Å². The fourth-order valence-electron chi connectivity index (χ4n) is 4.28. The van der Waals surface area contributed by atoms with Crippen LogP contribution in [0.4, 0.5) is 0 Å². The molecule has 18 nitrogen and oxygen atoms in total. The Bertz CT molecular complexity index is 1120. The van der Waals surface area contributed by atoms with Gasteiger partial charge in [-0.05, 0) is 58.9 Å². The summed E-state index contributed by atoms with van der Waals surface area (Å²) in [5.74, 6) is -7.18. The van der Waals surface area contributed by atoms with Crippen LogP contribution in [0.25, 0.3) is 0 Å². The lowest BCUT2D eigenvalue weighted by molar-refractivity contribution is -0.144. The lowest BCUT2D eigenvalue weighted by Crippen LogP contribution is -2.45. The number of carboxylic acid groups (broad SMARTS) is 3. The van der Waals surface area contributed by atoms with Crippen LogP contribution >= 0.6 is 0 Å². The number of Topliss-reactive ketones (excluding diaryl/α,β-unsaturated/α-hetero) is 1. The molecule has 0 spiro atoms. The Morgan fingerprint density at radius 2 is 0.894 bits per heavy atom. The van der Waals surface area contributed by atoms with Gasteiger partial charge in [0.2, 0.25) is 29.5 Å². The van der Waals surface area contributed by atoms with E-state index in [1.165, 1.54) is 6.92 Å². The van der Waals surface area contributed by atoms with Crippen molar-refractivity contribution in [3.05, 3.63) is 0 Å². The zero-order chi connectivity index (χ0) is 35.9. The standard InChI is InChI=1S/C29H48N6O12/c1-17(36)19(30-3)7-4-5-15-31-23(38)8-6-16-32-24(39)12-9-21(28(44)45)34-26(41)14-11-22(29(46)47)35-25(40)13-10-20(27(42)43)33-18(2)37/h19-22,30H,4-16H2,1-3H3,(H,31,38)(H,32,39)(H,33,37)(H,34,41)(H,35,40)(H,42,43)(H,44,45)(H,46,47)/t19-,20-,21-,22-/m0/s1. The third-order valence-electron chi connectivity index (χ3n) is 6.91. The van der Waals surface area contributed by atoms with Gasteiger partial charge in [0, 0.05) is 45.7 Å². The number of hydrogen-bond donors (Lipinski definition) is 9. The van der Waals surface area contributed by atoms with E-state index in [1.807, 2.05) is 0 Å². The lowest BCUT2D eigenvalue weighted by atomic mass is 10.1. The van der Waals surface area contributed by atoms with Crippen molar-refractivity contribution in [2.24, 2.45) is 0 Å². The van der Waals surface area contributed by atoms with E-state index < -0.39 is 78.9 Å². The maximum Gasteiger partial charge on any atom is 0.326 e. The van der Waals surface area contributed by atoms with E-state index in [1.54, 1.807) is 7.05 Å². The molecule has 4 atom stereocenters. The zero-order valence-electron chi connectivity index (χ0n) is 27.0. The largest absolute Gasteiger partial charge is 0.480 e. The predicted octanol–water partition coefficient (Wildman–Crippen LogP) is -1.58. The molecule has 0 saturated heterocycles. The van der Waals surface area contributed by atoms with Crippen LogP contribution in [0.5, 0.6) is 0 Å². The van der Waals surface area contributed by atoms with Crippen LogP contribution in [0, 0.1) is 0 Å². The highest BCUT2D eigenvalue weighted by Crippen LogP contribution is 2.05. The maximum absolute atomic E-state index is 12.3. The number of carbonyl (C=O) groups excluding carboxylic acids is 6. The van der Waals surface area contributed by atoms with Gasteiger partial charge in [0.1, 0.15) is 23.9 Å². The second-order valence-electron chi connectivity index (χ2n) is 10.9. The van der Waals surface area contributed by atoms with Crippen molar-refractivity contribution in [1.82, 2.24) is 31.9 Å². The summed E-state index contributed by atoms with van der Waals surface area (Å²) in [6.45, 7) is 3.25. The molecule has 0 aliphatic carbocycles. The molecule has 9 N–H and O–H groups in total. The first kappa shape index (κ1) is 42.4. The Labute approximate surface area is 272 Å². The second kappa shape index (κ2) is 23.7. The smallest absolute Gasteiger partial charge is 0.326 e. The SMILES string of the molecule is CN[C@@H](CCCCNC(=O)CCCNC(=O)CC[C@H](NC(=O)CC[C@H](NC(=O)CC[C@H](NC(C)=O)C(=O)O)C(=O)O)C(=O)O)C(C)=O. The van der Waals surface area contributed by atoms with Crippen LogP contribution in [0.1, 0.15) is 84.5 Å². The lowest BCUT2D eigenvalue weighted by Gasteiger charge is -2.17. The number of carboxylic acids is 3. The second-order valence-corrected chi connectivity index (χ2v) is 10.9. The summed E-state index contributed by atoms with van der Waals surface area (Å²) in [6.07, 6.45) is 0.541. The minimum atomic E-state index is -1.53. The van der Waals surface area contributed by atoms with E-state index in [2.05, 4.69) is 31.9 Å². The molecular weight excluding hydrogens is 624 g/mol. The summed E-state index contributed by atoms with van der Waals surface area (Å²) in [5, 5.41) is 42.7. The Morgan fingerprint density at radius 3 is 1.30 bits per heavy atom. The minimum Gasteiger partial charge on any atom is -0.480 e. The van der Waals surface area contributed by atoms with Gasteiger partial charge in [0.05, 0.1) is 6.04 Å². The molecule has 0 fully saturated rings. The summed E-state index contributed by atoms with van der Waals surface area (Å²) >= 11 is 0. The van der Waals surface area contributed by atoms with Crippen molar-refractivity contribution in [3.8, 4) is 0 Å². The highest BCUT2D eigenvalue weighted by Gasteiger charge is 2.26. The number of ketones is 1. The van der Waals surface area contributed by atoms with Gasteiger partial charge in [-0.15, -0.1) is 0 Å². The van der Waals surface area contributed by atoms with Gasteiger partial charge in [0.15, 0.2) is 0 Å². The Hall–Kier alpha value is -4.61. The van der Waals surface area contributed by atoms with Gasteiger partial charge in [-0.25, -0.2) is 14.4 Å². The number of rotatable bonds is 26. The first-order valence-electron chi connectivity index (χ1n) is 15.3. The van der Waals surface area contributed by atoms with Gasteiger partial charge in [-0.2, -0.15) is 0 Å². The monoisotopic (exact) mass is 672 g/mol. The molecule has 266 valence electrons. The molecule has 0 bridgehead atoms. The summed E-state index contributed by atoms with van der Waals surface area (Å²) in [6, 6.07) is -4.53. The van der Waals surface area contributed by atoms with E-state index in [0.717, 1.165) is 13.3 Å². The van der Waals surface area contributed by atoms with Gasteiger partial charge >= 0.3 is 17.9 Å². The van der Waals surface area contributed by atoms with Gasteiger partial charge < -0.3 is 47.2 Å². The number of hydrogen-bond acceptors (Lipinski definition) is 10. The maximum atomic E-state index is 12.3. The van der Waals surface area contributed by atoms with Crippen LogP contribution < -0.4 is 31.9 Å². The Morgan fingerprint density at radius 1 is 0.489 bits per heavy atom. The van der Waals surface area contributed by atoms with Gasteiger partial charge in [0.25, 0.3) is 0 Å². The van der Waals surface area contributed by atoms with Crippen LogP contribution in [0.15, 0.2) is 0 Å². The number of aliphatic carboxylic acids is 3. The molecule has 0 rings (SSSR count). The van der Waals surface area contributed by atoms with Crippen LogP contribution in [-0.4, -0.2) is 113 Å². The summed E-state index contributed by atoms with van der Waals surface area (Å²) in [5.41, 5.74) is 0. The normalized spacial score (nSPS) is 13.2. The number of amides is 5. The topological polar surface area (TPSA) is 286 Å². The highest BCUT2D eigenvalue weighted by molar-refractivity contribution is 5.87. The zero-order valence-corrected chi connectivity index (χ0v) is 27.0. The average Bonchev–Trinajstić information content (AvgIpc) is 2.98.